The van der Waals surface area contributed by atoms with E-state index in [1.807, 2.05) is 0 Å². The molecule has 2 N–H and O–H groups in total. The van der Waals surface area contributed by atoms with Gasteiger partial charge in [0.25, 0.3) is 5.91 Å². The molecule has 140 valence electrons. The highest BCUT2D eigenvalue weighted by Gasteiger charge is 2.25. The van der Waals surface area contributed by atoms with E-state index in [1.54, 1.807) is 32.9 Å². The molecule has 2 aromatic rings. The van der Waals surface area contributed by atoms with Crippen molar-refractivity contribution in [2.75, 3.05) is 5.32 Å². The molecule has 0 fully saturated rings. The fourth-order valence-corrected chi connectivity index (χ4v) is 4.38. The van der Waals surface area contributed by atoms with Crippen LogP contribution in [0, 0.1) is 0 Å². The van der Waals surface area contributed by atoms with Gasteiger partial charge < -0.3 is 5.32 Å². The van der Waals surface area contributed by atoms with Gasteiger partial charge in [0.05, 0.1) is 15.7 Å². The maximum atomic E-state index is 12.5. The average Bonchev–Trinajstić information content (AvgIpc) is 2.48. The van der Waals surface area contributed by atoms with Gasteiger partial charge in [-0.1, -0.05) is 34.8 Å². The Kier molecular flexibility index (Phi) is 6.25. The zero-order valence-electron chi connectivity index (χ0n) is 14.2. The molecule has 0 spiro atoms. The Bertz CT molecular complexity index is 954. The second-order valence-electron chi connectivity index (χ2n) is 6.58. The van der Waals surface area contributed by atoms with E-state index in [0.29, 0.717) is 15.7 Å². The minimum atomic E-state index is -3.90. The van der Waals surface area contributed by atoms with Crippen molar-refractivity contribution in [1.29, 1.82) is 0 Å². The van der Waals surface area contributed by atoms with Gasteiger partial charge in [0, 0.05) is 16.1 Å². The van der Waals surface area contributed by atoms with Crippen LogP contribution in [-0.4, -0.2) is 19.9 Å². The number of hydrogen-bond donors (Lipinski definition) is 2. The van der Waals surface area contributed by atoms with Crippen molar-refractivity contribution in [2.45, 2.75) is 31.2 Å². The first kappa shape index (κ1) is 21.0. The lowest BCUT2D eigenvalue weighted by Gasteiger charge is -2.21. The predicted octanol–water partition coefficient (Wildman–Crippen LogP) is 4.98. The zero-order chi connectivity index (χ0) is 19.7. The molecule has 0 aliphatic carbocycles. The second-order valence-corrected chi connectivity index (χ2v) is 9.48. The number of hydrogen-bond acceptors (Lipinski definition) is 3. The van der Waals surface area contributed by atoms with Crippen LogP contribution in [0.5, 0.6) is 0 Å². The van der Waals surface area contributed by atoms with Crippen LogP contribution in [-0.2, 0) is 10.0 Å². The first-order valence-corrected chi connectivity index (χ1v) is 10.1. The Hall–Kier alpha value is -1.31. The number of anilines is 1. The van der Waals surface area contributed by atoms with E-state index in [0.717, 1.165) is 0 Å². The third-order valence-corrected chi connectivity index (χ3v) is 5.90. The van der Waals surface area contributed by atoms with E-state index in [-0.39, 0.29) is 15.5 Å². The van der Waals surface area contributed by atoms with Gasteiger partial charge in [0.2, 0.25) is 10.0 Å². The summed E-state index contributed by atoms with van der Waals surface area (Å²) in [5, 5.41) is 3.32. The highest BCUT2D eigenvalue weighted by Crippen LogP contribution is 2.27. The van der Waals surface area contributed by atoms with E-state index in [9.17, 15) is 13.2 Å². The van der Waals surface area contributed by atoms with E-state index in [1.165, 1.54) is 24.3 Å². The van der Waals surface area contributed by atoms with Crippen molar-refractivity contribution in [2.24, 2.45) is 0 Å². The number of halogens is 3. The molecule has 0 aromatic heterocycles. The summed E-state index contributed by atoms with van der Waals surface area (Å²) in [5.74, 6) is -0.543. The number of amides is 1. The molecule has 0 heterocycles. The maximum absolute atomic E-state index is 12.5. The Morgan fingerprint density at radius 3 is 2.19 bits per heavy atom. The van der Waals surface area contributed by atoms with Crippen LogP contribution in [0.25, 0.3) is 0 Å². The van der Waals surface area contributed by atoms with Gasteiger partial charge >= 0.3 is 0 Å². The van der Waals surface area contributed by atoms with Crippen molar-refractivity contribution < 1.29 is 13.2 Å². The Labute approximate surface area is 167 Å². The standard InChI is InChI=1S/C17H17Cl3N2O3S/c1-17(2,3)22-26(24,25)15-8-10(4-6-13(15)20)16(23)21-14-9-11(18)5-7-12(14)19/h4-9,22H,1-3H3,(H,21,23). The molecule has 26 heavy (non-hydrogen) atoms. The van der Waals surface area contributed by atoms with E-state index >= 15 is 0 Å². The van der Waals surface area contributed by atoms with Crippen molar-refractivity contribution in [3.05, 3.63) is 57.0 Å². The smallest absolute Gasteiger partial charge is 0.255 e. The zero-order valence-corrected chi connectivity index (χ0v) is 17.3. The minimum Gasteiger partial charge on any atom is -0.321 e. The van der Waals surface area contributed by atoms with Crippen LogP contribution in [0.15, 0.2) is 41.3 Å². The van der Waals surface area contributed by atoms with Gasteiger partial charge in [-0.3, -0.25) is 4.79 Å². The van der Waals surface area contributed by atoms with Crippen LogP contribution in [0.4, 0.5) is 5.69 Å². The van der Waals surface area contributed by atoms with Crippen molar-refractivity contribution >= 4 is 56.4 Å². The number of carbonyl (C=O) groups is 1. The Morgan fingerprint density at radius 2 is 1.58 bits per heavy atom. The highest BCUT2D eigenvalue weighted by molar-refractivity contribution is 7.89. The fourth-order valence-electron chi connectivity index (χ4n) is 2.10. The molecule has 5 nitrogen and oxygen atoms in total. The number of rotatable bonds is 4. The van der Waals surface area contributed by atoms with Crippen LogP contribution in [0.2, 0.25) is 15.1 Å². The van der Waals surface area contributed by atoms with E-state index < -0.39 is 21.5 Å². The summed E-state index contributed by atoms with van der Waals surface area (Å²) < 4.78 is 27.6. The topological polar surface area (TPSA) is 75.3 Å². The monoisotopic (exact) mass is 434 g/mol. The average molecular weight is 436 g/mol. The highest BCUT2D eigenvalue weighted by atomic mass is 35.5. The summed E-state index contributed by atoms with van der Waals surface area (Å²) in [6.45, 7) is 5.11. The summed E-state index contributed by atoms with van der Waals surface area (Å²) in [6.07, 6.45) is 0. The maximum Gasteiger partial charge on any atom is 0.255 e. The second kappa shape index (κ2) is 7.74. The van der Waals surface area contributed by atoms with Crippen molar-refractivity contribution in [1.82, 2.24) is 4.72 Å². The summed E-state index contributed by atoms with van der Waals surface area (Å²) in [7, 11) is -3.90. The molecule has 0 radical (unpaired) electrons. The molecule has 0 saturated heterocycles. The Morgan fingerprint density at radius 1 is 0.962 bits per heavy atom. The summed E-state index contributed by atoms with van der Waals surface area (Å²) in [6, 6.07) is 8.62. The first-order valence-electron chi connectivity index (χ1n) is 7.49. The van der Waals surface area contributed by atoms with Crippen LogP contribution in [0.1, 0.15) is 31.1 Å². The van der Waals surface area contributed by atoms with Gasteiger partial charge in [-0.05, 0) is 57.2 Å². The molecule has 0 atom stereocenters. The lowest BCUT2D eigenvalue weighted by molar-refractivity contribution is 0.102. The molecular weight excluding hydrogens is 419 g/mol. The van der Waals surface area contributed by atoms with E-state index in [4.69, 9.17) is 34.8 Å². The normalized spacial score (nSPS) is 12.1. The molecule has 0 unspecified atom stereocenters. The summed E-state index contributed by atoms with van der Waals surface area (Å²) in [4.78, 5) is 12.3. The largest absolute Gasteiger partial charge is 0.321 e. The predicted molar refractivity (Wildman–Crippen MR) is 106 cm³/mol. The minimum absolute atomic E-state index is 0.0130. The van der Waals surface area contributed by atoms with E-state index in [2.05, 4.69) is 10.0 Å². The summed E-state index contributed by atoms with van der Waals surface area (Å²) in [5.41, 5.74) is -0.273. The number of carbonyl (C=O) groups excluding carboxylic acids is 1. The fraction of sp³-hybridized carbons (Fsp3) is 0.235. The molecule has 2 rings (SSSR count). The SMILES string of the molecule is CC(C)(C)NS(=O)(=O)c1cc(C(=O)Nc2cc(Cl)ccc2Cl)ccc1Cl. The molecule has 0 aliphatic rings. The van der Waals surface area contributed by atoms with Crippen LogP contribution in [0.3, 0.4) is 0 Å². The van der Waals surface area contributed by atoms with Crippen LogP contribution >= 0.6 is 34.8 Å². The third kappa shape index (κ3) is 5.34. The van der Waals surface area contributed by atoms with Gasteiger partial charge in [0.1, 0.15) is 4.90 Å². The molecule has 1 amide bonds. The molecular formula is C17H17Cl3N2O3S. The van der Waals surface area contributed by atoms with Crippen molar-refractivity contribution in [3.8, 4) is 0 Å². The van der Waals surface area contributed by atoms with Crippen LogP contribution < -0.4 is 10.0 Å². The third-order valence-electron chi connectivity index (χ3n) is 3.10. The quantitative estimate of drug-likeness (QED) is 0.711. The molecule has 0 bridgehead atoms. The molecule has 0 aliphatic heterocycles. The van der Waals surface area contributed by atoms with Gasteiger partial charge in [-0.2, -0.15) is 0 Å². The lowest BCUT2D eigenvalue weighted by atomic mass is 10.1. The number of benzene rings is 2. The molecule has 0 saturated carbocycles. The van der Waals surface area contributed by atoms with Gasteiger partial charge in [0.15, 0.2) is 0 Å². The molecule has 9 heteroatoms. The van der Waals surface area contributed by atoms with Gasteiger partial charge in [-0.15, -0.1) is 0 Å². The number of sulfonamides is 1. The number of nitrogens with one attached hydrogen (secondary N) is 2. The first-order chi connectivity index (χ1) is 11.9. The van der Waals surface area contributed by atoms with Crippen molar-refractivity contribution in [3.63, 3.8) is 0 Å². The Balaban J connectivity index is 2.37. The van der Waals surface area contributed by atoms with Gasteiger partial charge in [-0.25, -0.2) is 13.1 Å². The molecule has 2 aromatic carbocycles. The lowest BCUT2D eigenvalue weighted by Crippen LogP contribution is -2.40. The summed E-state index contributed by atoms with van der Waals surface area (Å²) >= 11 is 18.0.